The minimum absolute atomic E-state index is 0.163. The normalized spacial score (nSPS) is 17.2. The summed E-state index contributed by atoms with van der Waals surface area (Å²) >= 11 is 0. The Kier molecular flexibility index (Phi) is 6.82. The molecule has 2 heterocycles. The lowest BCUT2D eigenvalue weighted by molar-refractivity contribution is -0.137. The lowest BCUT2D eigenvalue weighted by Gasteiger charge is -2.28. The van der Waals surface area contributed by atoms with Crippen LogP contribution in [0.1, 0.15) is 12.5 Å². The van der Waals surface area contributed by atoms with Crippen LogP contribution in [0.25, 0.3) is 5.57 Å². The first-order valence-corrected chi connectivity index (χ1v) is 10.7. The number of carbonyl (C=O) groups is 2. The van der Waals surface area contributed by atoms with Gasteiger partial charge in [0.25, 0.3) is 11.8 Å². The van der Waals surface area contributed by atoms with Gasteiger partial charge in [-0.25, -0.2) is 4.39 Å². The molecule has 1 fully saturated rings. The third-order valence-electron chi connectivity index (χ3n) is 5.49. The van der Waals surface area contributed by atoms with Crippen molar-refractivity contribution in [2.24, 2.45) is 0 Å². The van der Waals surface area contributed by atoms with Crippen LogP contribution in [0.3, 0.4) is 0 Å². The number of ether oxygens (including phenoxy) is 2. The number of morpholine rings is 1. The van der Waals surface area contributed by atoms with Gasteiger partial charge in [0.2, 0.25) is 0 Å². The number of imide groups is 1. The summed E-state index contributed by atoms with van der Waals surface area (Å²) < 4.78 is 24.5. The molecule has 1 saturated heterocycles. The Bertz CT molecular complexity index is 1020. The first kappa shape index (κ1) is 22.0. The SMILES string of the molecule is CCOc1ccccc1NC1=C(c2ccc(F)cc2)C(=O)N(CCN2CCOCC2)C1=O. The summed E-state index contributed by atoms with van der Waals surface area (Å²) in [5, 5.41) is 3.12. The molecule has 0 bridgehead atoms. The van der Waals surface area contributed by atoms with E-state index >= 15 is 0 Å². The number of benzene rings is 2. The molecule has 2 aliphatic rings. The molecule has 4 rings (SSSR count). The van der Waals surface area contributed by atoms with E-state index in [9.17, 15) is 14.0 Å². The molecule has 2 amide bonds. The van der Waals surface area contributed by atoms with E-state index in [1.165, 1.54) is 29.2 Å². The number of nitrogens with one attached hydrogen (secondary N) is 1. The summed E-state index contributed by atoms with van der Waals surface area (Å²) in [5.41, 5.74) is 1.45. The largest absolute Gasteiger partial charge is 0.492 e. The molecule has 0 saturated carbocycles. The molecule has 0 radical (unpaired) electrons. The zero-order valence-electron chi connectivity index (χ0n) is 18.0. The summed E-state index contributed by atoms with van der Waals surface area (Å²) in [4.78, 5) is 30.1. The second kappa shape index (κ2) is 9.93. The smallest absolute Gasteiger partial charge is 0.278 e. The van der Waals surface area contributed by atoms with Gasteiger partial charge in [-0.15, -0.1) is 0 Å². The summed E-state index contributed by atoms with van der Waals surface area (Å²) in [6.45, 7) is 5.98. The maximum absolute atomic E-state index is 13.5. The number of rotatable bonds is 8. The fourth-order valence-corrected chi connectivity index (χ4v) is 3.83. The van der Waals surface area contributed by atoms with Gasteiger partial charge >= 0.3 is 0 Å². The highest BCUT2D eigenvalue weighted by atomic mass is 19.1. The van der Waals surface area contributed by atoms with Crippen LogP contribution in [0.5, 0.6) is 5.75 Å². The number of carbonyl (C=O) groups excluding carboxylic acids is 2. The number of hydrogen-bond acceptors (Lipinski definition) is 6. The van der Waals surface area contributed by atoms with Crippen molar-refractivity contribution in [2.45, 2.75) is 6.92 Å². The zero-order valence-corrected chi connectivity index (χ0v) is 18.0. The minimum atomic E-state index is -0.411. The summed E-state index contributed by atoms with van der Waals surface area (Å²) in [6, 6.07) is 12.8. The molecule has 8 heteroatoms. The first-order valence-electron chi connectivity index (χ1n) is 10.7. The van der Waals surface area contributed by atoms with Crippen LogP contribution in [-0.2, 0) is 14.3 Å². The van der Waals surface area contributed by atoms with E-state index in [1.807, 2.05) is 19.1 Å². The predicted molar refractivity (Wildman–Crippen MR) is 119 cm³/mol. The van der Waals surface area contributed by atoms with E-state index in [4.69, 9.17) is 9.47 Å². The van der Waals surface area contributed by atoms with E-state index in [2.05, 4.69) is 10.2 Å². The average molecular weight is 439 g/mol. The number of anilines is 1. The predicted octanol–water partition coefficient (Wildman–Crippen LogP) is 2.75. The number of amides is 2. The van der Waals surface area contributed by atoms with Crippen LogP contribution in [0.15, 0.2) is 54.2 Å². The van der Waals surface area contributed by atoms with Crippen LogP contribution < -0.4 is 10.1 Å². The minimum Gasteiger partial charge on any atom is -0.492 e. The van der Waals surface area contributed by atoms with E-state index in [1.54, 1.807) is 12.1 Å². The highest BCUT2D eigenvalue weighted by molar-refractivity contribution is 6.36. The fourth-order valence-electron chi connectivity index (χ4n) is 3.83. The van der Waals surface area contributed by atoms with Gasteiger partial charge in [0.15, 0.2) is 0 Å². The van der Waals surface area contributed by atoms with Gasteiger partial charge in [0.05, 0.1) is 31.1 Å². The molecule has 0 unspecified atom stereocenters. The van der Waals surface area contributed by atoms with Crippen molar-refractivity contribution in [1.82, 2.24) is 9.80 Å². The third kappa shape index (κ3) is 4.66. The van der Waals surface area contributed by atoms with Gasteiger partial charge in [0, 0.05) is 26.2 Å². The van der Waals surface area contributed by atoms with Crippen LogP contribution in [-0.4, -0.2) is 67.6 Å². The molecular formula is C24H26FN3O4. The summed E-state index contributed by atoms with van der Waals surface area (Å²) in [5.74, 6) is -0.639. The Morgan fingerprint density at radius 2 is 1.72 bits per heavy atom. The van der Waals surface area contributed by atoms with Crippen molar-refractivity contribution >= 4 is 23.1 Å². The van der Waals surface area contributed by atoms with Gasteiger partial charge in [-0.05, 0) is 36.8 Å². The van der Waals surface area contributed by atoms with E-state index in [-0.39, 0.29) is 17.8 Å². The third-order valence-corrected chi connectivity index (χ3v) is 5.49. The van der Waals surface area contributed by atoms with Gasteiger partial charge in [-0.3, -0.25) is 19.4 Å². The van der Waals surface area contributed by atoms with Crippen molar-refractivity contribution in [3.63, 3.8) is 0 Å². The molecule has 2 aromatic rings. The van der Waals surface area contributed by atoms with Crippen molar-refractivity contribution < 1.29 is 23.5 Å². The standard InChI is InChI=1S/C24H26FN3O4/c1-2-32-20-6-4-3-5-19(20)26-22-21(17-7-9-18(25)10-8-17)23(29)28(24(22)30)12-11-27-13-15-31-16-14-27/h3-10,26H,2,11-16H2,1H3. The van der Waals surface area contributed by atoms with Gasteiger partial charge in [0.1, 0.15) is 17.3 Å². The molecule has 32 heavy (non-hydrogen) atoms. The maximum atomic E-state index is 13.5. The monoisotopic (exact) mass is 439 g/mol. The van der Waals surface area contributed by atoms with Crippen LogP contribution in [0.4, 0.5) is 10.1 Å². The summed E-state index contributed by atoms with van der Waals surface area (Å²) in [6.07, 6.45) is 0. The Morgan fingerprint density at radius 1 is 1.00 bits per heavy atom. The van der Waals surface area contributed by atoms with E-state index < -0.39 is 17.6 Å². The molecule has 1 N–H and O–H groups in total. The maximum Gasteiger partial charge on any atom is 0.278 e. The van der Waals surface area contributed by atoms with E-state index in [0.717, 1.165) is 13.1 Å². The molecule has 2 aliphatic heterocycles. The number of halogens is 1. The zero-order chi connectivity index (χ0) is 22.5. The molecule has 0 aliphatic carbocycles. The highest BCUT2D eigenvalue weighted by Gasteiger charge is 2.39. The molecule has 2 aromatic carbocycles. The second-order valence-electron chi connectivity index (χ2n) is 7.53. The van der Waals surface area contributed by atoms with Gasteiger partial charge < -0.3 is 14.8 Å². The topological polar surface area (TPSA) is 71.1 Å². The molecule has 7 nitrogen and oxygen atoms in total. The first-order chi connectivity index (χ1) is 15.6. The van der Waals surface area contributed by atoms with Crippen molar-refractivity contribution in [1.29, 1.82) is 0 Å². The quantitative estimate of drug-likeness (QED) is 0.638. The number of hydrogen-bond donors (Lipinski definition) is 1. The number of para-hydroxylation sites is 2. The number of nitrogens with zero attached hydrogens (tertiary/aromatic N) is 2. The van der Waals surface area contributed by atoms with Crippen LogP contribution >= 0.6 is 0 Å². The van der Waals surface area contributed by atoms with Crippen LogP contribution in [0.2, 0.25) is 0 Å². The van der Waals surface area contributed by atoms with Crippen molar-refractivity contribution in [3.05, 3.63) is 65.6 Å². The Hall–Kier alpha value is -3.23. The van der Waals surface area contributed by atoms with Crippen LogP contribution in [0, 0.1) is 5.82 Å². The lowest BCUT2D eigenvalue weighted by Crippen LogP contribution is -2.43. The molecule has 168 valence electrons. The lowest BCUT2D eigenvalue weighted by atomic mass is 10.0. The molecule has 0 aromatic heterocycles. The van der Waals surface area contributed by atoms with Gasteiger partial charge in [-0.1, -0.05) is 24.3 Å². The van der Waals surface area contributed by atoms with E-state index in [0.29, 0.717) is 43.4 Å². The Balaban J connectivity index is 1.64. The van der Waals surface area contributed by atoms with Crippen molar-refractivity contribution in [2.75, 3.05) is 51.3 Å². The summed E-state index contributed by atoms with van der Waals surface area (Å²) in [7, 11) is 0. The van der Waals surface area contributed by atoms with Gasteiger partial charge in [-0.2, -0.15) is 0 Å². The molecular weight excluding hydrogens is 413 g/mol. The molecule has 0 atom stereocenters. The Morgan fingerprint density at radius 3 is 2.44 bits per heavy atom. The average Bonchev–Trinajstić information content (AvgIpc) is 3.04. The fraction of sp³-hybridized carbons (Fsp3) is 0.333. The Labute approximate surface area is 186 Å². The highest BCUT2D eigenvalue weighted by Crippen LogP contribution is 2.33. The second-order valence-corrected chi connectivity index (χ2v) is 7.53. The molecule has 0 spiro atoms. The van der Waals surface area contributed by atoms with Crippen molar-refractivity contribution in [3.8, 4) is 5.75 Å².